The van der Waals surface area contributed by atoms with Crippen molar-refractivity contribution < 1.29 is 4.42 Å². The number of aromatic nitrogens is 2. The topological polar surface area (TPSA) is 42.2 Å². The van der Waals surface area contributed by atoms with Gasteiger partial charge in [-0.1, -0.05) is 118 Å². The number of hydrogen-bond acceptors (Lipinski definition) is 4. The average Bonchev–Trinajstić information content (AvgIpc) is 3.62. The lowest BCUT2D eigenvalue weighted by Crippen LogP contribution is -2.30. The van der Waals surface area contributed by atoms with Crippen molar-refractivity contribution in [1.82, 2.24) is 10.2 Å². The van der Waals surface area contributed by atoms with Gasteiger partial charge >= 0.3 is 0 Å². The van der Waals surface area contributed by atoms with Crippen LogP contribution in [0.4, 0.5) is 17.1 Å². The van der Waals surface area contributed by atoms with E-state index < -0.39 is 0 Å². The third-order valence-electron chi connectivity index (χ3n) is 10.0. The molecule has 48 heavy (non-hydrogen) atoms. The highest BCUT2D eigenvalue weighted by Crippen LogP contribution is 2.60. The molecule has 0 radical (unpaired) electrons. The molecule has 0 saturated heterocycles. The third kappa shape index (κ3) is 4.44. The Balaban J connectivity index is 1.29. The van der Waals surface area contributed by atoms with Crippen molar-refractivity contribution in [2.24, 2.45) is 0 Å². The number of anilines is 3. The van der Waals surface area contributed by atoms with Gasteiger partial charge in [-0.15, -0.1) is 10.2 Å². The summed E-state index contributed by atoms with van der Waals surface area (Å²) in [5.41, 5.74) is 14.6. The van der Waals surface area contributed by atoms with E-state index in [0.29, 0.717) is 11.8 Å². The highest BCUT2D eigenvalue weighted by molar-refractivity contribution is 5.87. The molecule has 4 heteroatoms. The molecular weight excluding hydrogens is 587 g/mol. The minimum Gasteiger partial charge on any atom is -0.416 e. The highest BCUT2D eigenvalue weighted by atomic mass is 16.4. The summed E-state index contributed by atoms with van der Waals surface area (Å²) in [4.78, 5) is 2.39. The van der Waals surface area contributed by atoms with Crippen LogP contribution in [0.15, 0.2) is 150 Å². The van der Waals surface area contributed by atoms with Gasteiger partial charge in [0.1, 0.15) is 0 Å². The van der Waals surface area contributed by atoms with Crippen molar-refractivity contribution in [3.63, 3.8) is 0 Å². The summed E-state index contributed by atoms with van der Waals surface area (Å²) in [5.74, 6) is 1.15. The lowest BCUT2D eigenvalue weighted by Gasteiger charge is -2.45. The molecule has 2 bridgehead atoms. The number of nitrogens with zero attached hydrogens (tertiary/aromatic N) is 3. The van der Waals surface area contributed by atoms with Gasteiger partial charge in [0.2, 0.25) is 11.8 Å². The van der Waals surface area contributed by atoms with Gasteiger partial charge in [0, 0.05) is 34.3 Å². The first kappa shape index (κ1) is 28.5. The smallest absolute Gasteiger partial charge is 0.248 e. The summed E-state index contributed by atoms with van der Waals surface area (Å²) in [6, 6.07) is 52.1. The van der Waals surface area contributed by atoms with Crippen molar-refractivity contribution in [3.8, 4) is 22.9 Å². The molecule has 10 rings (SSSR count). The molecule has 0 N–H and O–H groups in total. The second kappa shape index (κ2) is 10.9. The molecule has 0 saturated carbocycles. The summed E-state index contributed by atoms with van der Waals surface area (Å²) in [6.45, 7) is 6.67. The Morgan fingerprint density at radius 1 is 0.500 bits per heavy atom. The molecule has 1 heterocycles. The lowest BCUT2D eigenvalue weighted by atomic mass is 9.59. The van der Waals surface area contributed by atoms with Gasteiger partial charge in [0.05, 0.1) is 5.69 Å². The van der Waals surface area contributed by atoms with Gasteiger partial charge in [-0.2, -0.15) is 0 Å². The van der Waals surface area contributed by atoms with Crippen molar-refractivity contribution >= 4 is 17.1 Å². The van der Waals surface area contributed by atoms with Gasteiger partial charge in [0.15, 0.2) is 0 Å². The largest absolute Gasteiger partial charge is 0.416 e. The number of para-hydroxylation sites is 2. The molecule has 0 fully saturated rings. The first-order valence-corrected chi connectivity index (χ1v) is 16.7. The van der Waals surface area contributed by atoms with Gasteiger partial charge in [-0.25, -0.2) is 0 Å². The van der Waals surface area contributed by atoms with Crippen LogP contribution in [0.2, 0.25) is 0 Å². The van der Waals surface area contributed by atoms with Crippen LogP contribution in [0.3, 0.4) is 0 Å². The maximum Gasteiger partial charge on any atom is 0.248 e. The monoisotopic (exact) mass is 621 g/mol. The summed E-state index contributed by atoms with van der Waals surface area (Å²) >= 11 is 0. The Morgan fingerprint density at radius 2 is 0.979 bits per heavy atom. The molecular formula is C44H35N3O. The number of rotatable bonds is 5. The van der Waals surface area contributed by atoms with Crippen LogP contribution in [-0.4, -0.2) is 10.2 Å². The Bertz CT molecular complexity index is 2190. The van der Waals surface area contributed by atoms with Crippen LogP contribution in [0.5, 0.6) is 0 Å². The predicted molar refractivity (Wildman–Crippen MR) is 193 cm³/mol. The van der Waals surface area contributed by atoms with Crippen LogP contribution < -0.4 is 4.90 Å². The lowest BCUT2D eigenvalue weighted by molar-refractivity contribution is 0.580. The summed E-state index contributed by atoms with van der Waals surface area (Å²) in [7, 11) is 0. The van der Waals surface area contributed by atoms with Crippen molar-refractivity contribution in [1.29, 1.82) is 0 Å². The Hall–Kier alpha value is -5.74. The van der Waals surface area contributed by atoms with Gasteiger partial charge < -0.3 is 9.32 Å². The molecule has 0 atom stereocenters. The zero-order chi connectivity index (χ0) is 32.4. The predicted octanol–water partition coefficient (Wildman–Crippen LogP) is 11.2. The van der Waals surface area contributed by atoms with Crippen LogP contribution in [-0.2, 0) is 5.41 Å². The Kier molecular flexibility index (Phi) is 6.48. The van der Waals surface area contributed by atoms with E-state index in [1.807, 2.05) is 0 Å². The molecule has 1 aromatic heterocycles. The number of hydrogen-bond donors (Lipinski definition) is 0. The van der Waals surface area contributed by atoms with Crippen molar-refractivity contribution in [3.05, 3.63) is 185 Å². The SMILES string of the molecule is CC(C)(C)c1ccc(-c2nnc(-c3ccc(N(c4ccccc4)c4ccccc4)c4c3C3c5ccccc5C4c4ccccc43)o2)cc1. The molecule has 232 valence electrons. The minimum absolute atomic E-state index is 0.0298. The highest BCUT2D eigenvalue weighted by Gasteiger charge is 2.45. The molecule has 0 unspecified atom stereocenters. The number of benzene rings is 6. The standard InChI is InChI=1S/C44H35N3O/c1-44(2,3)29-24-22-28(23-25-29)42-45-46-43(48-42)36-26-27-37(47(30-14-6-4-7-15-30)31-16-8-5-9-17-31)41-39-34-20-12-10-18-32(34)38(40(36)41)33-19-11-13-21-35(33)39/h4-27,38-39H,1-3H3. The zero-order valence-corrected chi connectivity index (χ0v) is 27.3. The Labute approximate surface area is 281 Å². The second-order valence-electron chi connectivity index (χ2n) is 13.8. The quantitative estimate of drug-likeness (QED) is 0.192. The van der Waals surface area contributed by atoms with E-state index in [9.17, 15) is 0 Å². The zero-order valence-electron chi connectivity index (χ0n) is 27.3. The van der Waals surface area contributed by atoms with Crippen molar-refractivity contribution in [2.45, 2.75) is 38.0 Å². The van der Waals surface area contributed by atoms with E-state index in [0.717, 1.165) is 28.2 Å². The molecule has 4 nitrogen and oxygen atoms in total. The molecule has 0 amide bonds. The Morgan fingerprint density at radius 3 is 1.50 bits per heavy atom. The van der Waals surface area contributed by atoms with Gasteiger partial charge in [-0.05, 0) is 92.9 Å². The fourth-order valence-corrected chi connectivity index (χ4v) is 7.79. The molecule has 3 aliphatic carbocycles. The van der Waals surface area contributed by atoms with Crippen LogP contribution in [0.25, 0.3) is 22.9 Å². The summed E-state index contributed by atoms with van der Waals surface area (Å²) in [6.07, 6.45) is 0. The van der Waals surface area contributed by atoms with Crippen LogP contribution in [0.1, 0.15) is 71.6 Å². The van der Waals surface area contributed by atoms with E-state index in [1.54, 1.807) is 0 Å². The van der Waals surface area contributed by atoms with Crippen LogP contribution >= 0.6 is 0 Å². The molecule has 7 aromatic rings. The maximum absolute atomic E-state index is 6.56. The first-order chi connectivity index (χ1) is 23.5. The average molecular weight is 622 g/mol. The van der Waals surface area contributed by atoms with E-state index >= 15 is 0 Å². The fraction of sp³-hybridized carbons (Fsp3) is 0.136. The molecule has 3 aliphatic rings. The van der Waals surface area contributed by atoms with Gasteiger partial charge in [0.25, 0.3) is 0 Å². The van der Waals surface area contributed by atoms with E-state index in [4.69, 9.17) is 9.52 Å². The van der Waals surface area contributed by atoms with Crippen molar-refractivity contribution in [2.75, 3.05) is 4.90 Å². The van der Waals surface area contributed by atoms with E-state index in [2.05, 4.69) is 176 Å². The molecule has 0 aliphatic heterocycles. The van der Waals surface area contributed by atoms with E-state index in [1.165, 1.54) is 38.9 Å². The van der Waals surface area contributed by atoms with Gasteiger partial charge in [-0.3, -0.25) is 0 Å². The normalized spacial score (nSPS) is 15.8. The van der Waals surface area contributed by atoms with E-state index in [-0.39, 0.29) is 17.3 Å². The maximum atomic E-state index is 6.56. The third-order valence-corrected chi connectivity index (χ3v) is 10.0. The molecule has 0 spiro atoms. The first-order valence-electron chi connectivity index (χ1n) is 16.7. The fourth-order valence-electron chi connectivity index (χ4n) is 7.79. The summed E-state index contributed by atoms with van der Waals surface area (Å²) in [5, 5.41) is 9.28. The van der Waals surface area contributed by atoms with Crippen LogP contribution in [0, 0.1) is 0 Å². The summed E-state index contributed by atoms with van der Waals surface area (Å²) < 4.78 is 6.56. The second-order valence-corrected chi connectivity index (χ2v) is 13.8. The molecule has 6 aromatic carbocycles. The minimum atomic E-state index is 0.0298.